The quantitative estimate of drug-likeness (QED) is 0.642. The lowest BCUT2D eigenvalue weighted by atomic mass is 10.1. The maximum atomic E-state index is 14.3. The molecule has 3 aromatic rings. The molecule has 3 N–H and O–H groups in total. The number of nitrogens with one attached hydrogen (secondary N) is 3. The lowest BCUT2D eigenvalue weighted by Crippen LogP contribution is -2.54. The Morgan fingerprint density at radius 1 is 1.11 bits per heavy atom. The highest BCUT2D eigenvalue weighted by Gasteiger charge is 2.21. The van der Waals surface area contributed by atoms with E-state index in [-0.39, 0.29) is 11.7 Å². The predicted octanol–water partition coefficient (Wildman–Crippen LogP) is 4.05. The fourth-order valence-electron chi connectivity index (χ4n) is 3.97. The SMILES string of the molecule is Cc1cc2c(F)cc(NC(=O)c3ccc(N4CC(C)NC(C)C4)cc3)cc2[nH]1. The third kappa shape index (κ3) is 3.73. The smallest absolute Gasteiger partial charge is 0.255 e. The monoisotopic (exact) mass is 380 g/mol. The summed E-state index contributed by atoms with van der Waals surface area (Å²) in [6, 6.07) is 13.3. The summed E-state index contributed by atoms with van der Waals surface area (Å²) >= 11 is 0. The Labute approximate surface area is 163 Å². The molecule has 4 rings (SSSR count). The van der Waals surface area contributed by atoms with Gasteiger partial charge in [0.05, 0.1) is 5.52 Å². The molecule has 1 aliphatic heterocycles. The van der Waals surface area contributed by atoms with Crippen molar-refractivity contribution in [2.24, 2.45) is 0 Å². The van der Waals surface area contributed by atoms with Crippen molar-refractivity contribution in [1.82, 2.24) is 10.3 Å². The summed E-state index contributed by atoms with van der Waals surface area (Å²) in [5, 5.41) is 6.83. The Balaban J connectivity index is 1.49. The van der Waals surface area contributed by atoms with Gasteiger partial charge in [0.25, 0.3) is 5.91 Å². The minimum absolute atomic E-state index is 0.254. The molecule has 1 aromatic heterocycles. The topological polar surface area (TPSA) is 60.2 Å². The number of rotatable bonds is 3. The molecule has 2 atom stereocenters. The number of hydrogen-bond acceptors (Lipinski definition) is 3. The number of benzene rings is 2. The van der Waals surface area contributed by atoms with Crippen LogP contribution in [0.15, 0.2) is 42.5 Å². The zero-order valence-electron chi connectivity index (χ0n) is 16.3. The molecule has 1 aliphatic rings. The molecule has 2 heterocycles. The van der Waals surface area contributed by atoms with Crippen LogP contribution in [0.3, 0.4) is 0 Å². The van der Waals surface area contributed by atoms with Crippen LogP contribution < -0.4 is 15.5 Å². The van der Waals surface area contributed by atoms with Crippen LogP contribution in [0.5, 0.6) is 0 Å². The molecule has 1 fully saturated rings. The van der Waals surface area contributed by atoms with Crippen molar-refractivity contribution >= 4 is 28.2 Å². The number of fused-ring (bicyclic) bond motifs is 1. The standard InChI is InChI=1S/C22H25FN4O/c1-13-8-19-20(23)9-17(10-21(19)25-13)26-22(28)16-4-6-18(7-5-16)27-11-14(2)24-15(3)12-27/h4-10,14-15,24-25H,11-12H2,1-3H3,(H,26,28). The number of carbonyl (C=O) groups excluding carboxylic acids is 1. The van der Waals surface area contributed by atoms with Crippen LogP contribution in [0.4, 0.5) is 15.8 Å². The number of aryl methyl sites for hydroxylation is 1. The number of H-pyrrole nitrogens is 1. The highest BCUT2D eigenvalue weighted by Crippen LogP contribution is 2.24. The van der Waals surface area contributed by atoms with Crippen LogP contribution in [0.2, 0.25) is 0 Å². The number of amides is 1. The van der Waals surface area contributed by atoms with Crippen molar-refractivity contribution in [2.75, 3.05) is 23.3 Å². The maximum Gasteiger partial charge on any atom is 0.255 e. The van der Waals surface area contributed by atoms with Gasteiger partial charge in [0, 0.05) is 53.2 Å². The molecule has 5 nitrogen and oxygen atoms in total. The molecule has 0 radical (unpaired) electrons. The van der Waals surface area contributed by atoms with Crippen LogP contribution in [0.25, 0.3) is 10.9 Å². The summed E-state index contributed by atoms with van der Waals surface area (Å²) in [5.41, 5.74) is 3.63. The van der Waals surface area contributed by atoms with Crippen molar-refractivity contribution in [2.45, 2.75) is 32.9 Å². The summed E-state index contributed by atoms with van der Waals surface area (Å²) in [7, 11) is 0. The molecule has 0 saturated carbocycles. The van der Waals surface area contributed by atoms with E-state index in [1.165, 1.54) is 6.07 Å². The molecular formula is C22H25FN4O. The van der Waals surface area contributed by atoms with Gasteiger partial charge < -0.3 is 20.5 Å². The summed E-state index contributed by atoms with van der Waals surface area (Å²) in [4.78, 5) is 18.0. The van der Waals surface area contributed by atoms with Gasteiger partial charge in [0.15, 0.2) is 0 Å². The van der Waals surface area contributed by atoms with E-state index in [4.69, 9.17) is 0 Å². The highest BCUT2D eigenvalue weighted by molar-refractivity contribution is 6.05. The van der Waals surface area contributed by atoms with Gasteiger partial charge in [-0.25, -0.2) is 4.39 Å². The molecule has 0 bridgehead atoms. The minimum atomic E-state index is -0.352. The van der Waals surface area contributed by atoms with Crippen molar-refractivity contribution < 1.29 is 9.18 Å². The number of halogens is 1. The minimum Gasteiger partial charge on any atom is -0.368 e. The second-order valence-electron chi connectivity index (χ2n) is 7.75. The fraction of sp³-hybridized carbons (Fsp3) is 0.318. The first kappa shape index (κ1) is 18.5. The first-order valence-corrected chi connectivity index (χ1v) is 9.60. The molecule has 1 amide bonds. The largest absolute Gasteiger partial charge is 0.368 e. The summed E-state index contributed by atoms with van der Waals surface area (Å²) < 4.78 is 14.3. The molecule has 1 saturated heterocycles. The number of piperazine rings is 1. The molecular weight excluding hydrogens is 355 g/mol. The summed E-state index contributed by atoms with van der Waals surface area (Å²) in [6.45, 7) is 8.09. The zero-order valence-corrected chi connectivity index (χ0v) is 16.3. The van der Waals surface area contributed by atoms with Gasteiger partial charge in [0.1, 0.15) is 5.82 Å². The van der Waals surface area contributed by atoms with E-state index in [1.807, 2.05) is 31.2 Å². The van der Waals surface area contributed by atoms with Gasteiger partial charge in [0.2, 0.25) is 0 Å². The maximum absolute atomic E-state index is 14.3. The van der Waals surface area contributed by atoms with Gasteiger partial charge in [-0.1, -0.05) is 0 Å². The summed E-state index contributed by atoms with van der Waals surface area (Å²) in [6.07, 6.45) is 0. The summed E-state index contributed by atoms with van der Waals surface area (Å²) in [5.74, 6) is -0.606. The molecule has 6 heteroatoms. The number of aromatic amines is 1. The van der Waals surface area contributed by atoms with Gasteiger partial charge >= 0.3 is 0 Å². The third-order valence-electron chi connectivity index (χ3n) is 5.13. The molecule has 28 heavy (non-hydrogen) atoms. The number of nitrogens with zero attached hydrogens (tertiary/aromatic N) is 1. The van der Waals surface area contributed by atoms with Gasteiger partial charge in [-0.3, -0.25) is 4.79 Å². The van der Waals surface area contributed by atoms with E-state index < -0.39 is 0 Å². The Bertz CT molecular complexity index is 1000. The average molecular weight is 380 g/mol. The van der Waals surface area contributed by atoms with Crippen LogP contribution in [0, 0.1) is 12.7 Å². The van der Waals surface area contributed by atoms with Crippen LogP contribution in [0.1, 0.15) is 29.9 Å². The number of carbonyl (C=O) groups is 1. The van der Waals surface area contributed by atoms with Crippen LogP contribution in [-0.4, -0.2) is 36.1 Å². The predicted molar refractivity (Wildman–Crippen MR) is 112 cm³/mol. The average Bonchev–Trinajstić information content (AvgIpc) is 3.02. The second kappa shape index (κ2) is 7.28. The first-order chi connectivity index (χ1) is 13.4. The van der Waals surface area contributed by atoms with E-state index in [0.717, 1.165) is 24.5 Å². The molecule has 0 spiro atoms. The van der Waals surface area contributed by atoms with Gasteiger partial charge in [-0.05, 0) is 63.2 Å². The van der Waals surface area contributed by atoms with E-state index in [0.29, 0.717) is 34.2 Å². The Hall–Kier alpha value is -2.86. The zero-order chi connectivity index (χ0) is 19.8. The van der Waals surface area contributed by atoms with Crippen molar-refractivity contribution in [3.8, 4) is 0 Å². The fourth-order valence-corrected chi connectivity index (χ4v) is 3.97. The van der Waals surface area contributed by atoms with E-state index in [1.54, 1.807) is 12.1 Å². The number of aromatic nitrogens is 1. The number of hydrogen-bond donors (Lipinski definition) is 3. The first-order valence-electron chi connectivity index (χ1n) is 9.60. The van der Waals surface area contributed by atoms with Crippen LogP contribution >= 0.6 is 0 Å². The Kier molecular flexibility index (Phi) is 4.81. The molecule has 2 aromatic carbocycles. The van der Waals surface area contributed by atoms with Crippen LogP contribution in [-0.2, 0) is 0 Å². The molecule has 2 unspecified atom stereocenters. The highest BCUT2D eigenvalue weighted by atomic mass is 19.1. The lowest BCUT2D eigenvalue weighted by Gasteiger charge is -2.37. The molecule has 146 valence electrons. The van der Waals surface area contributed by atoms with Crippen molar-refractivity contribution in [3.05, 3.63) is 59.5 Å². The van der Waals surface area contributed by atoms with Crippen molar-refractivity contribution in [1.29, 1.82) is 0 Å². The lowest BCUT2D eigenvalue weighted by molar-refractivity contribution is 0.102. The Morgan fingerprint density at radius 2 is 1.79 bits per heavy atom. The Morgan fingerprint density at radius 3 is 2.46 bits per heavy atom. The molecule has 0 aliphatic carbocycles. The number of anilines is 2. The van der Waals surface area contributed by atoms with Gasteiger partial charge in [-0.15, -0.1) is 0 Å². The third-order valence-corrected chi connectivity index (χ3v) is 5.13. The van der Waals surface area contributed by atoms with Crippen molar-refractivity contribution in [3.63, 3.8) is 0 Å². The van der Waals surface area contributed by atoms with Gasteiger partial charge in [-0.2, -0.15) is 0 Å². The van der Waals surface area contributed by atoms with E-state index >= 15 is 0 Å². The normalized spacial score (nSPS) is 19.8. The van der Waals surface area contributed by atoms with E-state index in [9.17, 15) is 9.18 Å². The van der Waals surface area contributed by atoms with E-state index in [2.05, 4.69) is 34.4 Å². The second-order valence-corrected chi connectivity index (χ2v) is 7.75.